The first-order valence-corrected chi connectivity index (χ1v) is 16.6. The van der Waals surface area contributed by atoms with Crippen LogP contribution in [-0.2, 0) is 21.5 Å². The van der Waals surface area contributed by atoms with Crippen molar-refractivity contribution in [1.82, 2.24) is 0 Å². The first-order valence-electron chi connectivity index (χ1n) is 13.4. The summed E-state index contributed by atoms with van der Waals surface area (Å²) in [6, 6.07) is 13.3. The number of furan rings is 1. The van der Waals surface area contributed by atoms with E-state index in [1.807, 2.05) is 60.4 Å². The first-order chi connectivity index (χ1) is 20.6. The first kappa shape index (κ1) is 30.7. The molecular weight excluding hydrogens is 613 g/mol. The fourth-order valence-electron chi connectivity index (χ4n) is 4.84. The summed E-state index contributed by atoms with van der Waals surface area (Å²) in [5.41, 5.74) is 3.48. The minimum Gasteiger partial charge on any atom is -0.493 e. The molecule has 1 aliphatic rings. The average Bonchev–Trinajstić information content (AvgIpc) is 3.69. The van der Waals surface area contributed by atoms with Crippen LogP contribution in [0, 0.1) is 0 Å². The Morgan fingerprint density at radius 1 is 1.14 bits per heavy atom. The van der Waals surface area contributed by atoms with Gasteiger partial charge in [-0.15, -0.1) is 0 Å². The molecule has 0 saturated carbocycles. The summed E-state index contributed by atoms with van der Waals surface area (Å²) in [7, 11) is -1.01. The number of hydrogen-bond acceptors (Lipinski definition) is 9. The lowest BCUT2D eigenvalue weighted by molar-refractivity contribution is -0.657. The lowest BCUT2D eigenvalue weighted by Gasteiger charge is -2.21. The smallest absolute Gasteiger partial charge is 0.370 e. The molecule has 5 rings (SSSR count). The van der Waals surface area contributed by atoms with Gasteiger partial charge in [0.15, 0.2) is 11.5 Å². The number of thioether (sulfide) groups is 1. The quantitative estimate of drug-likeness (QED) is 0.138. The maximum atomic E-state index is 11.8. The molecule has 43 heavy (non-hydrogen) atoms. The minimum absolute atomic E-state index is 0.227. The number of benzene rings is 2. The number of anilines is 1. The molecule has 2 aromatic carbocycles. The van der Waals surface area contributed by atoms with Gasteiger partial charge in [0.2, 0.25) is 12.1 Å². The van der Waals surface area contributed by atoms with Gasteiger partial charge in [0.05, 0.1) is 43.0 Å². The SMILES string of the molecule is CCC(=Cc1sc2cc(OC)c(OC)cc2[n+]1CC(=O)O)C=C1Sc2ccc(-c3ccco3)cc2N1CCCS(=O)(=O)O. The molecule has 0 fully saturated rings. The van der Waals surface area contributed by atoms with Crippen LogP contribution in [0.25, 0.3) is 27.6 Å². The van der Waals surface area contributed by atoms with Gasteiger partial charge in [0.1, 0.15) is 10.5 Å². The van der Waals surface area contributed by atoms with E-state index in [-0.39, 0.29) is 18.7 Å². The second-order valence-electron chi connectivity index (χ2n) is 9.70. The third-order valence-corrected chi connectivity index (χ3v) is 9.89. The van der Waals surface area contributed by atoms with Gasteiger partial charge in [-0.3, -0.25) is 4.55 Å². The molecule has 0 amide bonds. The van der Waals surface area contributed by atoms with Crippen LogP contribution in [-0.4, -0.2) is 50.6 Å². The van der Waals surface area contributed by atoms with Gasteiger partial charge >= 0.3 is 5.97 Å². The summed E-state index contributed by atoms with van der Waals surface area (Å²) < 4.78 is 51.4. The van der Waals surface area contributed by atoms with Crippen LogP contribution in [0.2, 0.25) is 0 Å². The average molecular weight is 644 g/mol. The normalized spacial score (nSPS) is 14.5. The van der Waals surface area contributed by atoms with Gasteiger partial charge in [-0.25, -0.2) is 4.79 Å². The van der Waals surface area contributed by atoms with Crippen LogP contribution in [0.1, 0.15) is 24.8 Å². The minimum atomic E-state index is -4.11. The Kier molecular flexibility index (Phi) is 9.16. The summed E-state index contributed by atoms with van der Waals surface area (Å²) in [5, 5.41) is 11.3. The van der Waals surface area contributed by atoms with E-state index in [9.17, 15) is 22.9 Å². The zero-order chi connectivity index (χ0) is 30.7. The molecule has 0 aliphatic carbocycles. The standard InChI is InChI=1S/C30H30N2O8S3/c1-4-19(14-29-32(18-30(33)34)22-16-24(38-2)25(39-3)17-27(22)42-29)13-28-31(10-6-12-43(35,36)37)21-15-20(8-9-26(21)41-28)23-7-5-11-40-23/h5,7-9,11,13-17H,4,6,10,12,18H2,1-3H3,(H-,33,34,35,36,37)/p+1. The van der Waals surface area contributed by atoms with E-state index in [0.717, 1.165) is 47.7 Å². The number of allylic oxidation sites excluding steroid dienone is 2. The van der Waals surface area contributed by atoms with Gasteiger partial charge in [0.25, 0.3) is 15.1 Å². The van der Waals surface area contributed by atoms with Crippen molar-refractivity contribution in [2.24, 2.45) is 0 Å². The van der Waals surface area contributed by atoms with Crippen molar-refractivity contribution in [1.29, 1.82) is 0 Å². The molecular formula is C30H31N2O8S3+. The number of carboxylic acid groups (broad SMARTS) is 1. The summed E-state index contributed by atoms with van der Waals surface area (Å²) in [6.07, 6.45) is 6.52. The molecule has 0 bridgehead atoms. The summed E-state index contributed by atoms with van der Waals surface area (Å²) >= 11 is 3.02. The van der Waals surface area contributed by atoms with Crippen LogP contribution < -0.4 is 18.9 Å². The molecule has 1 aliphatic heterocycles. The van der Waals surface area contributed by atoms with Gasteiger partial charge < -0.3 is 23.9 Å². The number of nitrogens with zero attached hydrogens (tertiary/aromatic N) is 2. The van der Waals surface area contributed by atoms with Gasteiger partial charge in [-0.1, -0.05) is 30.0 Å². The van der Waals surface area contributed by atoms with Crippen LogP contribution in [0.5, 0.6) is 11.5 Å². The van der Waals surface area contributed by atoms with Gasteiger partial charge in [-0.2, -0.15) is 13.0 Å². The summed E-state index contributed by atoms with van der Waals surface area (Å²) in [6.45, 7) is 2.16. The highest BCUT2D eigenvalue weighted by molar-refractivity contribution is 8.03. The molecule has 0 saturated heterocycles. The van der Waals surface area contributed by atoms with Crippen LogP contribution >= 0.6 is 23.1 Å². The zero-order valence-electron chi connectivity index (χ0n) is 23.8. The number of rotatable bonds is 12. The maximum absolute atomic E-state index is 11.8. The fraction of sp³-hybridized carbons (Fsp3) is 0.267. The predicted octanol–water partition coefficient (Wildman–Crippen LogP) is 6.08. The van der Waals surface area contributed by atoms with Crippen molar-refractivity contribution in [2.75, 3.05) is 31.4 Å². The number of methoxy groups -OCH3 is 2. The van der Waals surface area contributed by atoms with Crippen molar-refractivity contribution < 1.29 is 41.3 Å². The Hall–Kier alpha value is -3.78. The number of aromatic nitrogens is 1. The van der Waals surface area contributed by atoms with Crippen LogP contribution in [0.15, 0.2) is 74.7 Å². The number of carboxylic acids is 1. The highest BCUT2D eigenvalue weighted by Gasteiger charge is 2.28. The van der Waals surface area contributed by atoms with E-state index in [0.29, 0.717) is 24.5 Å². The summed E-state index contributed by atoms with van der Waals surface area (Å²) in [4.78, 5) is 14.9. The Morgan fingerprint density at radius 3 is 2.56 bits per heavy atom. The summed E-state index contributed by atoms with van der Waals surface area (Å²) in [5.74, 6) is 0.467. The highest BCUT2D eigenvalue weighted by atomic mass is 32.2. The predicted molar refractivity (Wildman–Crippen MR) is 167 cm³/mol. The number of ether oxygens (including phenoxy) is 2. The number of carbonyl (C=O) groups is 1. The number of fused-ring (bicyclic) bond motifs is 2. The van der Waals surface area contributed by atoms with E-state index >= 15 is 0 Å². The number of thiazole rings is 1. The largest absolute Gasteiger partial charge is 0.493 e. The Balaban J connectivity index is 1.56. The molecule has 13 heteroatoms. The van der Waals surface area contributed by atoms with E-state index in [4.69, 9.17) is 13.9 Å². The van der Waals surface area contributed by atoms with Crippen molar-refractivity contribution in [3.05, 3.63) is 70.4 Å². The molecule has 0 unspecified atom stereocenters. The Labute approximate surface area is 257 Å². The molecule has 0 atom stereocenters. The monoisotopic (exact) mass is 643 g/mol. The Morgan fingerprint density at radius 2 is 1.91 bits per heavy atom. The molecule has 0 radical (unpaired) electrons. The lowest BCUT2D eigenvalue weighted by Crippen LogP contribution is -2.39. The van der Waals surface area contributed by atoms with Gasteiger partial charge in [-0.05, 0) is 54.8 Å². The molecule has 3 heterocycles. The van der Waals surface area contributed by atoms with Gasteiger partial charge in [0, 0.05) is 29.1 Å². The highest BCUT2D eigenvalue weighted by Crippen LogP contribution is 2.48. The van der Waals surface area contributed by atoms with Crippen molar-refractivity contribution >= 4 is 61.2 Å². The van der Waals surface area contributed by atoms with E-state index in [1.54, 1.807) is 35.8 Å². The maximum Gasteiger partial charge on any atom is 0.370 e. The van der Waals surface area contributed by atoms with Crippen LogP contribution in [0.3, 0.4) is 0 Å². The Bertz CT molecular complexity index is 1830. The molecule has 10 nitrogen and oxygen atoms in total. The number of hydrogen-bond donors (Lipinski definition) is 2. The molecule has 4 aromatic rings. The molecule has 0 spiro atoms. The lowest BCUT2D eigenvalue weighted by atomic mass is 10.1. The third kappa shape index (κ3) is 6.90. The van der Waals surface area contributed by atoms with E-state index in [2.05, 4.69) is 0 Å². The number of aliphatic carboxylic acids is 1. The third-order valence-electron chi connectivity index (χ3n) is 6.88. The van der Waals surface area contributed by atoms with E-state index in [1.165, 1.54) is 18.4 Å². The molecule has 226 valence electrons. The molecule has 2 aromatic heterocycles. The second-order valence-corrected chi connectivity index (χ2v) is 13.4. The second kappa shape index (κ2) is 12.8. The van der Waals surface area contributed by atoms with Crippen LogP contribution in [0.4, 0.5) is 5.69 Å². The molecule has 2 N–H and O–H groups in total. The van der Waals surface area contributed by atoms with Crippen molar-refractivity contribution in [3.8, 4) is 22.8 Å². The van der Waals surface area contributed by atoms with Crippen molar-refractivity contribution in [2.45, 2.75) is 31.2 Å². The van der Waals surface area contributed by atoms with E-state index < -0.39 is 16.1 Å². The topological polar surface area (TPSA) is 130 Å². The fourth-order valence-corrected chi connectivity index (χ4v) is 7.63. The zero-order valence-corrected chi connectivity index (χ0v) is 26.2. The van der Waals surface area contributed by atoms with Crippen molar-refractivity contribution in [3.63, 3.8) is 0 Å².